The molecule has 2 saturated heterocycles. The minimum absolute atomic E-state index is 0.0961. The van der Waals surface area contributed by atoms with Crippen molar-refractivity contribution in [1.82, 2.24) is 15.1 Å². The van der Waals surface area contributed by atoms with Gasteiger partial charge in [-0.05, 0) is 50.0 Å². The Morgan fingerprint density at radius 3 is 2.25 bits per heavy atom. The number of fused-ring (bicyclic) bond motifs is 1. The number of hydrogen-bond donors (Lipinski definition) is 1. The second kappa shape index (κ2) is 12.6. The zero-order chi connectivity index (χ0) is 31.6. The molecule has 230 valence electrons. The first kappa shape index (κ1) is 30.9. The molecule has 11 heteroatoms. The van der Waals surface area contributed by atoms with Gasteiger partial charge in [-0.15, -0.1) is 6.58 Å². The number of carbonyl (C=O) groups excluding carboxylic acids is 4. The van der Waals surface area contributed by atoms with Gasteiger partial charge < -0.3 is 19.7 Å². The summed E-state index contributed by atoms with van der Waals surface area (Å²) in [5.41, 5.74) is 1.22. The van der Waals surface area contributed by atoms with Crippen LogP contribution in [0.4, 0.5) is 4.79 Å². The van der Waals surface area contributed by atoms with Crippen molar-refractivity contribution in [3.63, 3.8) is 0 Å². The minimum Gasteiger partial charge on any atom is -0.448 e. The van der Waals surface area contributed by atoms with E-state index in [1.165, 1.54) is 0 Å². The van der Waals surface area contributed by atoms with E-state index in [0.29, 0.717) is 36.2 Å². The molecule has 5 rings (SSSR count). The predicted molar refractivity (Wildman–Crippen MR) is 164 cm³/mol. The molecule has 0 saturated carbocycles. The van der Waals surface area contributed by atoms with Gasteiger partial charge in [0.05, 0.1) is 16.6 Å². The third kappa shape index (κ3) is 6.37. The van der Waals surface area contributed by atoms with E-state index in [1.807, 2.05) is 60.7 Å². The first-order valence-electron chi connectivity index (χ1n) is 14.3. The maximum atomic E-state index is 14.1. The summed E-state index contributed by atoms with van der Waals surface area (Å²) in [5, 5.41) is 1.50. The molecule has 0 bridgehead atoms. The SMILES string of the molecule is C=CCN1CC/C(=C\C2=C(C(=O)OC(c3ccccc3)c3ccccc3)N3C(=O)[C@@H](NC(=O)OC(C)(C)C)[C@H]3[S@@](=O)C2)C1=O. The molecule has 3 atom stereocenters. The highest BCUT2D eigenvalue weighted by Gasteiger charge is 2.57. The number of allylic oxidation sites excluding steroid dienone is 1. The Labute approximate surface area is 258 Å². The zero-order valence-electron chi connectivity index (χ0n) is 24.9. The van der Waals surface area contributed by atoms with Crippen molar-refractivity contribution in [1.29, 1.82) is 0 Å². The molecule has 2 aromatic rings. The fourth-order valence-corrected chi connectivity index (χ4v) is 7.06. The number of likely N-dealkylation sites (tertiary alicyclic amines) is 1. The summed E-state index contributed by atoms with van der Waals surface area (Å²) in [5.74, 6) is -1.78. The topological polar surface area (TPSA) is 122 Å². The van der Waals surface area contributed by atoms with Gasteiger partial charge in [-0.1, -0.05) is 66.7 Å². The lowest BCUT2D eigenvalue weighted by Gasteiger charge is -2.49. The van der Waals surface area contributed by atoms with Crippen LogP contribution in [0, 0.1) is 0 Å². The maximum Gasteiger partial charge on any atom is 0.408 e. The number of nitrogens with one attached hydrogen (secondary N) is 1. The van der Waals surface area contributed by atoms with Crippen LogP contribution in [0.2, 0.25) is 0 Å². The highest BCUT2D eigenvalue weighted by atomic mass is 32.2. The molecule has 0 spiro atoms. The fraction of sp³-hybridized carbons (Fsp3) is 0.333. The Kier molecular flexibility index (Phi) is 8.87. The zero-order valence-corrected chi connectivity index (χ0v) is 25.7. The molecule has 2 fully saturated rings. The van der Waals surface area contributed by atoms with Gasteiger partial charge in [0, 0.05) is 18.7 Å². The number of nitrogens with zero attached hydrogens (tertiary/aromatic N) is 2. The number of β-lactam (4-membered cyclic amide) rings is 1. The molecule has 3 heterocycles. The summed E-state index contributed by atoms with van der Waals surface area (Å²) in [6.07, 6.45) is 1.97. The van der Waals surface area contributed by atoms with Crippen LogP contribution < -0.4 is 5.32 Å². The van der Waals surface area contributed by atoms with Gasteiger partial charge in [0.15, 0.2) is 6.10 Å². The van der Waals surface area contributed by atoms with Crippen molar-refractivity contribution in [2.24, 2.45) is 0 Å². The number of esters is 1. The molecule has 3 aliphatic heterocycles. The molecule has 2 aromatic carbocycles. The lowest BCUT2D eigenvalue weighted by Crippen LogP contribution is -2.73. The van der Waals surface area contributed by atoms with Crippen LogP contribution in [0.5, 0.6) is 0 Å². The molecule has 0 aromatic heterocycles. The molecule has 1 N–H and O–H groups in total. The van der Waals surface area contributed by atoms with Crippen molar-refractivity contribution in [2.45, 2.75) is 50.3 Å². The van der Waals surface area contributed by atoms with Gasteiger partial charge in [0.1, 0.15) is 22.7 Å². The Morgan fingerprint density at radius 1 is 1.07 bits per heavy atom. The summed E-state index contributed by atoms with van der Waals surface area (Å²) in [7, 11) is -1.71. The van der Waals surface area contributed by atoms with Gasteiger partial charge in [-0.3, -0.25) is 18.7 Å². The molecule has 0 aliphatic carbocycles. The fourth-order valence-electron chi connectivity index (χ4n) is 5.43. The Bertz CT molecular complexity index is 1520. The molecule has 0 radical (unpaired) electrons. The van der Waals surface area contributed by atoms with E-state index in [1.54, 1.807) is 37.8 Å². The first-order chi connectivity index (χ1) is 21.0. The second-order valence-electron chi connectivity index (χ2n) is 11.7. The standard InChI is InChI=1S/C33H35N3O7S/c1-5-17-35-18-16-23(28(35)37)19-24-20-44(41)30-25(34-32(40)43-33(2,3)4)29(38)36(30)26(24)31(39)42-27(21-12-8-6-9-13-21)22-14-10-7-11-15-22/h5-15,19,25,27,30H,1,16-18,20H2,2-4H3,(H,34,40)/b23-19+/t25-,30-,44+/m1/s1. The summed E-state index contributed by atoms with van der Waals surface area (Å²) in [6, 6.07) is 17.2. The third-order valence-electron chi connectivity index (χ3n) is 7.36. The van der Waals surface area contributed by atoms with Crippen molar-refractivity contribution in [2.75, 3.05) is 18.8 Å². The van der Waals surface area contributed by atoms with Crippen molar-refractivity contribution < 1.29 is 32.9 Å². The summed E-state index contributed by atoms with van der Waals surface area (Å²) in [6.45, 7) is 9.61. The van der Waals surface area contributed by atoms with Crippen LogP contribution in [-0.4, -0.2) is 73.7 Å². The average molecular weight is 618 g/mol. The van der Waals surface area contributed by atoms with Crippen LogP contribution in [0.25, 0.3) is 0 Å². The Balaban J connectivity index is 1.53. The normalized spacial score (nSPS) is 22.5. The van der Waals surface area contributed by atoms with E-state index in [2.05, 4.69) is 11.9 Å². The van der Waals surface area contributed by atoms with E-state index in [4.69, 9.17) is 9.47 Å². The molecule has 3 aliphatic rings. The summed E-state index contributed by atoms with van der Waals surface area (Å²) < 4.78 is 25.0. The number of ether oxygens (including phenoxy) is 2. The van der Waals surface area contributed by atoms with Crippen molar-refractivity contribution in [3.05, 3.63) is 107 Å². The van der Waals surface area contributed by atoms with Crippen LogP contribution in [0.15, 0.2) is 96.2 Å². The second-order valence-corrected chi connectivity index (χ2v) is 13.2. The van der Waals surface area contributed by atoms with Crippen molar-refractivity contribution >= 4 is 34.7 Å². The molecule has 10 nitrogen and oxygen atoms in total. The highest BCUT2D eigenvalue weighted by Crippen LogP contribution is 2.38. The van der Waals surface area contributed by atoms with Crippen molar-refractivity contribution in [3.8, 4) is 0 Å². The van der Waals surface area contributed by atoms with E-state index >= 15 is 0 Å². The predicted octanol–water partition coefficient (Wildman–Crippen LogP) is 3.74. The van der Waals surface area contributed by atoms with E-state index in [0.717, 1.165) is 4.90 Å². The Morgan fingerprint density at radius 2 is 1.68 bits per heavy atom. The quantitative estimate of drug-likeness (QED) is 0.207. The number of hydrogen-bond acceptors (Lipinski definition) is 7. The van der Waals surface area contributed by atoms with Crippen LogP contribution in [-0.2, 0) is 34.7 Å². The lowest BCUT2D eigenvalue weighted by atomic mass is 10.00. The molecule has 0 unspecified atom stereocenters. The molecule has 3 amide bonds. The number of benzene rings is 2. The highest BCUT2D eigenvalue weighted by molar-refractivity contribution is 7.86. The smallest absolute Gasteiger partial charge is 0.408 e. The van der Waals surface area contributed by atoms with Crippen LogP contribution in [0.3, 0.4) is 0 Å². The Hall–Kier alpha value is -4.51. The van der Waals surface area contributed by atoms with E-state index < -0.39 is 51.9 Å². The minimum atomic E-state index is -1.71. The molecular weight excluding hydrogens is 582 g/mol. The monoisotopic (exact) mass is 617 g/mol. The van der Waals surface area contributed by atoms with Gasteiger partial charge in [-0.25, -0.2) is 9.59 Å². The number of rotatable bonds is 8. The maximum absolute atomic E-state index is 14.1. The van der Waals surface area contributed by atoms with Gasteiger partial charge in [0.2, 0.25) is 5.91 Å². The number of carbonyl (C=O) groups is 4. The van der Waals surface area contributed by atoms with Gasteiger partial charge >= 0.3 is 12.1 Å². The summed E-state index contributed by atoms with van der Waals surface area (Å²) in [4.78, 5) is 56.0. The average Bonchev–Trinajstić information content (AvgIpc) is 3.32. The third-order valence-corrected chi connectivity index (χ3v) is 8.98. The van der Waals surface area contributed by atoms with Crippen LogP contribution >= 0.6 is 0 Å². The van der Waals surface area contributed by atoms with Crippen LogP contribution in [0.1, 0.15) is 44.4 Å². The van der Waals surface area contributed by atoms with Gasteiger partial charge in [-0.2, -0.15) is 0 Å². The molecule has 44 heavy (non-hydrogen) atoms. The van der Waals surface area contributed by atoms with E-state index in [9.17, 15) is 23.4 Å². The summed E-state index contributed by atoms with van der Waals surface area (Å²) >= 11 is 0. The lowest BCUT2D eigenvalue weighted by molar-refractivity contribution is -0.153. The van der Waals surface area contributed by atoms with Gasteiger partial charge in [0.25, 0.3) is 5.91 Å². The largest absolute Gasteiger partial charge is 0.448 e. The first-order valence-corrected chi connectivity index (χ1v) is 15.7. The van der Waals surface area contributed by atoms with E-state index in [-0.39, 0.29) is 22.9 Å². The number of amides is 3. The molecular formula is C33H35N3O7S. The number of alkyl carbamates (subject to hydrolysis) is 1.